The Morgan fingerprint density at radius 3 is 2.54 bits per heavy atom. The number of ether oxygens (including phenoxy) is 3. The molecular formula is C18H22O6. The van der Waals surface area contributed by atoms with E-state index in [2.05, 4.69) is 0 Å². The van der Waals surface area contributed by atoms with Crippen molar-refractivity contribution in [3.8, 4) is 5.75 Å². The van der Waals surface area contributed by atoms with Crippen LogP contribution in [0.4, 0.5) is 0 Å². The van der Waals surface area contributed by atoms with Crippen LogP contribution in [0.15, 0.2) is 22.6 Å². The molecule has 0 aliphatic rings. The van der Waals surface area contributed by atoms with Crippen molar-refractivity contribution < 1.29 is 28.2 Å². The molecule has 0 radical (unpaired) electrons. The van der Waals surface area contributed by atoms with E-state index < -0.39 is 18.0 Å². The van der Waals surface area contributed by atoms with Crippen molar-refractivity contribution in [2.75, 3.05) is 6.61 Å². The summed E-state index contributed by atoms with van der Waals surface area (Å²) >= 11 is 0. The second-order valence-corrected chi connectivity index (χ2v) is 5.66. The van der Waals surface area contributed by atoms with E-state index in [1.54, 1.807) is 52.8 Å². The minimum Gasteiger partial charge on any atom is -0.479 e. The molecule has 1 aromatic heterocycles. The second kappa shape index (κ2) is 7.38. The van der Waals surface area contributed by atoms with Crippen LogP contribution in [-0.4, -0.2) is 30.8 Å². The summed E-state index contributed by atoms with van der Waals surface area (Å²) in [6.07, 6.45) is -0.980. The van der Waals surface area contributed by atoms with Gasteiger partial charge in [0.1, 0.15) is 22.7 Å². The van der Waals surface area contributed by atoms with Crippen molar-refractivity contribution in [3.05, 3.63) is 29.5 Å². The van der Waals surface area contributed by atoms with Gasteiger partial charge in [0, 0.05) is 5.39 Å². The second-order valence-electron chi connectivity index (χ2n) is 5.66. The minimum absolute atomic E-state index is 0.231. The first-order valence-electron chi connectivity index (χ1n) is 7.90. The van der Waals surface area contributed by atoms with Crippen LogP contribution in [-0.2, 0) is 14.3 Å². The highest BCUT2D eigenvalue weighted by Gasteiger charge is 2.22. The lowest BCUT2D eigenvalue weighted by molar-refractivity contribution is -0.150. The summed E-state index contributed by atoms with van der Waals surface area (Å²) < 4.78 is 21.4. The smallest absolute Gasteiger partial charge is 0.347 e. The van der Waals surface area contributed by atoms with E-state index in [4.69, 9.17) is 18.6 Å². The van der Waals surface area contributed by atoms with Crippen LogP contribution in [0, 0.1) is 6.92 Å². The van der Waals surface area contributed by atoms with Gasteiger partial charge in [-0.2, -0.15) is 0 Å². The first-order chi connectivity index (χ1) is 11.3. The average molecular weight is 334 g/mol. The predicted octanol–water partition coefficient (Wildman–Crippen LogP) is 3.64. The molecule has 0 N–H and O–H groups in total. The lowest BCUT2D eigenvalue weighted by Crippen LogP contribution is -2.26. The zero-order chi connectivity index (χ0) is 17.9. The van der Waals surface area contributed by atoms with Crippen molar-refractivity contribution in [2.24, 2.45) is 0 Å². The zero-order valence-corrected chi connectivity index (χ0v) is 14.5. The maximum atomic E-state index is 12.3. The summed E-state index contributed by atoms with van der Waals surface area (Å²) in [6, 6.07) is 5.04. The molecule has 0 aliphatic heterocycles. The number of esters is 2. The number of hydrogen-bond donors (Lipinski definition) is 0. The molecule has 6 nitrogen and oxygen atoms in total. The lowest BCUT2D eigenvalue weighted by atomic mass is 10.1. The SMILES string of the molecule is CCOC(=O)C(C)Oc1ccc2oc(C)c(C(=O)OC(C)C)c2c1. The molecule has 6 heteroatoms. The first-order valence-corrected chi connectivity index (χ1v) is 7.90. The fourth-order valence-electron chi connectivity index (χ4n) is 2.31. The van der Waals surface area contributed by atoms with Crippen molar-refractivity contribution in [2.45, 2.75) is 46.8 Å². The van der Waals surface area contributed by atoms with Gasteiger partial charge in [-0.15, -0.1) is 0 Å². The molecule has 0 amide bonds. The molecule has 24 heavy (non-hydrogen) atoms. The third-order valence-corrected chi connectivity index (χ3v) is 3.31. The number of aryl methyl sites for hydroxylation is 1. The van der Waals surface area contributed by atoms with Crippen LogP contribution in [0.1, 0.15) is 43.8 Å². The molecule has 0 saturated heterocycles. The molecule has 130 valence electrons. The minimum atomic E-state index is -0.749. The Morgan fingerprint density at radius 1 is 1.21 bits per heavy atom. The largest absolute Gasteiger partial charge is 0.479 e. The summed E-state index contributed by atoms with van der Waals surface area (Å²) in [5.41, 5.74) is 0.923. The Labute approximate surface area is 140 Å². The number of hydrogen-bond acceptors (Lipinski definition) is 6. The molecule has 1 atom stereocenters. The van der Waals surface area contributed by atoms with Crippen LogP contribution in [0.2, 0.25) is 0 Å². The van der Waals surface area contributed by atoms with Gasteiger partial charge in [0.2, 0.25) is 0 Å². The third kappa shape index (κ3) is 3.88. The average Bonchev–Trinajstić information content (AvgIpc) is 2.82. The highest BCUT2D eigenvalue weighted by Crippen LogP contribution is 2.30. The summed E-state index contributed by atoms with van der Waals surface area (Å²) in [5.74, 6) is 0.0333. The number of benzene rings is 1. The van der Waals surface area contributed by atoms with Gasteiger partial charge < -0.3 is 18.6 Å². The number of carbonyl (C=O) groups is 2. The summed E-state index contributed by atoms with van der Waals surface area (Å²) in [4.78, 5) is 24.0. The number of rotatable bonds is 6. The van der Waals surface area contributed by atoms with Gasteiger partial charge in [-0.05, 0) is 52.8 Å². The van der Waals surface area contributed by atoms with Crippen LogP contribution >= 0.6 is 0 Å². The summed E-state index contributed by atoms with van der Waals surface area (Å²) in [6.45, 7) is 8.90. The summed E-state index contributed by atoms with van der Waals surface area (Å²) in [5, 5.41) is 0.590. The van der Waals surface area contributed by atoms with Crippen LogP contribution < -0.4 is 4.74 Å². The van der Waals surface area contributed by atoms with Crippen molar-refractivity contribution >= 4 is 22.9 Å². The Bertz CT molecular complexity index is 743. The van der Waals surface area contributed by atoms with Gasteiger partial charge in [0.25, 0.3) is 0 Å². The Kier molecular flexibility index (Phi) is 5.49. The molecular weight excluding hydrogens is 312 g/mol. The van der Waals surface area contributed by atoms with Gasteiger partial charge in [-0.25, -0.2) is 9.59 Å². The Morgan fingerprint density at radius 2 is 1.92 bits per heavy atom. The maximum absolute atomic E-state index is 12.3. The van der Waals surface area contributed by atoms with E-state index in [-0.39, 0.29) is 12.7 Å². The number of carbonyl (C=O) groups excluding carboxylic acids is 2. The van der Waals surface area contributed by atoms with Gasteiger partial charge >= 0.3 is 11.9 Å². The predicted molar refractivity (Wildman–Crippen MR) is 88.2 cm³/mol. The van der Waals surface area contributed by atoms with Crippen LogP contribution in [0.25, 0.3) is 11.0 Å². The molecule has 2 aromatic rings. The van der Waals surface area contributed by atoms with E-state index in [0.29, 0.717) is 28.0 Å². The molecule has 0 fully saturated rings. The van der Waals surface area contributed by atoms with E-state index in [1.807, 2.05) is 0 Å². The zero-order valence-electron chi connectivity index (χ0n) is 14.5. The molecule has 2 rings (SSSR count). The highest BCUT2D eigenvalue weighted by atomic mass is 16.6. The van der Waals surface area contributed by atoms with Gasteiger partial charge in [0.15, 0.2) is 6.10 Å². The molecule has 0 aliphatic carbocycles. The first kappa shape index (κ1) is 17.8. The van der Waals surface area contributed by atoms with E-state index in [9.17, 15) is 9.59 Å². The summed E-state index contributed by atoms with van der Waals surface area (Å²) in [7, 11) is 0. The quantitative estimate of drug-likeness (QED) is 0.751. The Hall–Kier alpha value is -2.50. The number of furan rings is 1. The van der Waals surface area contributed by atoms with Crippen LogP contribution in [0.3, 0.4) is 0 Å². The monoisotopic (exact) mass is 334 g/mol. The Balaban J connectivity index is 2.32. The van der Waals surface area contributed by atoms with Crippen molar-refractivity contribution in [1.29, 1.82) is 0 Å². The van der Waals surface area contributed by atoms with Crippen molar-refractivity contribution in [1.82, 2.24) is 0 Å². The molecule has 1 heterocycles. The lowest BCUT2D eigenvalue weighted by Gasteiger charge is -2.13. The standard InChI is InChI=1S/C18H22O6/c1-6-21-17(19)12(5)23-13-7-8-15-14(9-13)16(11(4)24-15)18(20)22-10(2)3/h7-10,12H,6H2,1-5H3. The molecule has 0 spiro atoms. The van der Waals surface area contributed by atoms with E-state index in [0.717, 1.165) is 0 Å². The number of fused-ring (bicyclic) bond motifs is 1. The van der Waals surface area contributed by atoms with E-state index >= 15 is 0 Å². The molecule has 1 unspecified atom stereocenters. The van der Waals surface area contributed by atoms with Gasteiger partial charge in [-0.1, -0.05) is 0 Å². The molecule has 0 saturated carbocycles. The fourth-order valence-corrected chi connectivity index (χ4v) is 2.31. The topological polar surface area (TPSA) is 75.0 Å². The fraction of sp³-hybridized carbons (Fsp3) is 0.444. The van der Waals surface area contributed by atoms with Crippen LogP contribution in [0.5, 0.6) is 5.75 Å². The highest BCUT2D eigenvalue weighted by molar-refractivity contribution is 6.05. The maximum Gasteiger partial charge on any atom is 0.347 e. The van der Waals surface area contributed by atoms with Crippen molar-refractivity contribution in [3.63, 3.8) is 0 Å². The normalized spacial score (nSPS) is 12.2. The molecule has 1 aromatic carbocycles. The van der Waals surface area contributed by atoms with Gasteiger partial charge in [0.05, 0.1) is 12.7 Å². The van der Waals surface area contributed by atoms with E-state index in [1.165, 1.54) is 0 Å². The molecule has 0 bridgehead atoms. The third-order valence-electron chi connectivity index (χ3n) is 3.31. The van der Waals surface area contributed by atoms with Gasteiger partial charge in [-0.3, -0.25) is 0 Å².